The second-order valence-electron chi connectivity index (χ2n) is 12.9. The highest BCUT2D eigenvalue weighted by Crippen LogP contribution is 2.29. The van der Waals surface area contributed by atoms with Gasteiger partial charge >= 0.3 is 5.97 Å². The number of benzene rings is 1. The Morgan fingerprint density at radius 1 is 1.06 bits per heavy atom. The molecule has 1 saturated heterocycles. The summed E-state index contributed by atoms with van der Waals surface area (Å²) in [7, 11) is 0. The number of carbonyl (C=O) groups excluding carboxylic acids is 1. The number of nitrogens with one attached hydrogen (secondary N) is 2. The molecule has 1 saturated carbocycles. The third kappa shape index (κ3) is 11.8. The largest absolute Gasteiger partial charge is 0.480 e. The summed E-state index contributed by atoms with van der Waals surface area (Å²) in [5, 5.41) is 26.7. The summed E-state index contributed by atoms with van der Waals surface area (Å²) in [4.78, 5) is 32.8. The number of carboxylic acids is 1. The number of amides is 1. The predicted octanol–water partition coefficient (Wildman–Crippen LogP) is 4.51. The molecule has 1 amide bonds. The molecule has 4 rings (SSSR count). The van der Waals surface area contributed by atoms with Crippen LogP contribution in [-0.4, -0.2) is 92.6 Å². The Morgan fingerprint density at radius 2 is 1.79 bits per heavy atom. The summed E-state index contributed by atoms with van der Waals surface area (Å²) >= 11 is 6.13. The second kappa shape index (κ2) is 19.6. The molecule has 4 atom stereocenters. The summed E-state index contributed by atoms with van der Waals surface area (Å²) in [6.07, 6.45) is 11.0. The number of aliphatic hydroxyl groups excluding tert-OH is 1. The number of hydrogen-bond donors (Lipinski definition) is 4. The Hall–Kier alpha value is -3.12. The Labute approximate surface area is 285 Å². The molecule has 1 aliphatic carbocycles. The van der Waals surface area contributed by atoms with Crippen molar-refractivity contribution in [3.05, 3.63) is 66.0 Å². The predicted molar refractivity (Wildman–Crippen MR) is 187 cm³/mol. The Bertz CT molecular complexity index is 1230. The van der Waals surface area contributed by atoms with Crippen LogP contribution in [0.2, 0.25) is 0 Å². The first kappa shape index (κ1) is 36.7. The van der Waals surface area contributed by atoms with Gasteiger partial charge in [-0.05, 0) is 67.9 Å². The Balaban J connectivity index is 1.65. The molecule has 2 aromatic rings. The van der Waals surface area contributed by atoms with Gasteiger partial charge in [0, 0.05) is 31.4 Å². The lowest BCUT2D eigenvalue weighted by molar-refractivity contribution is -0.143. The zero-order valence-electron chi connectivity index (χ0n) is 27.8. The van der Waals surface area contributed by atoms with E-state index in [1.54, 1.807) is 11.2 Å². The molecule has 0 spiro atoms. The van der Waals surface area contributed by atoms with Gasteiger partial charge < -0.3 is 25.2 Å². The van der Waals surface area contributed by atoms with Crippen LogP contribution in [0.1, 0.15) is 82.4 Å². The molecule has 0 unspecified atom stereocenters. The lowest BCUT2D eigenvalue weighted by atomic mass is 9.83. The first-order chi connectivity index (χ1) is 22.9. The number of aliphatic hydroxyl groups is 1. The van der Waals surface area contributed by atoms with E-state index < -0.39 is 30.1 Å². The van der Waals surface area contributed by atoms with Crippen molar-refractivity contribution in [3.8, 4) is 0 Å². The van der Waals surface area contributed by atoms with E-state index in [0.29, 0.717) is 63.0 Å². The Kier molecular flexibility index (Phi) is 15.3. The molecule has 11 heteroatoms. The number of carboxylic acid groups (broad SMARTS) is 1. The highest BCUT2D eigenvalue weighted by molar-refractivity contribution is 7.80. The van der Waals surface area contributed by atoms with E-state index in [0.717, 1.165) is 43.4 Å². The number of thiocarbonyl (C=S) groups is 1. The van der Waals surface area contributed by atoms with E-state index in [1.165, 1.54) is 19.3 Å². The van der Waals surface area contributed by atoms with Crippen molar-refractivity contribution in [2.45, 2.75) is 108 Å². The minimum absolute atomic E-state index is 0.300. The maximum atomic E-state index is 14.2. The zero-order chi connectivity index (χ0) is 33.4. The molecule has 10 nitrogen and oxygen atoms in total. The van der Waals surface area contributed by atoms with E-state index in [1.807, 2.05) is 60.4 Å². The fourth-order valence-corrected chi connectivity index (χ4v) is 7.00. The van der Waals surface area contributed by atoms with E-state index in [9.17, 15) is 19.8 Å². The van der Waals surface area contributed by atoms with Gasteiger partial charge in [-0.3, -0.25) is 14.8 Å². The number of carbonyl (C=O) groups is 2. The van der Waals surface area contributed by atoms with E-state index in [2.05, 4.69) is 15.7 Å². The first-order valence-corrected chi connectivity index (χ1v) is 17.8. The number of hydrazine groups is 1. The fraction of sp³-hybridized carbons (Fsp3) is 0.611. The van der Waals surface area contributed by atoms with Crippen LogP contribution in [0.15, 0.2) is 54.7 Å². The molecule has 2 heterocycles. The van der Waals surface area contributed by atoms with Crippen LogP contribution in [0, 0.1) is 5.92 Å². The number of aliphatic carboxylic acids is 1. The average molecular weight is 668 g/mol. The number of pyridine rings is 1. The van der Waals surface area contributed by atoms with Crippen LogP contribution < -0.4 is 10.7 Å². The third-order valence-corrected chi connectivity index (χ3v) is 9.76. The summed E-state index contributed by atoms with van der Waals surface area (Å²) in [5.41, 5.74) is 5.53. The summed E-state index contributed by atoms with van der Waals surface area (Å²) < 4.78 is 5.61. The molecule has 258 valence electrons. The van der Waals surface area contributed by atoms with Gasteiger partial charge in [0.1, 0.15) is 12.1 Å². The minimum Gasteiger partial charge on any atom is -0.480 e. The molecular weight excluding hydrogens is 614 g/mol. The van der Waals surface area contributed by atoms with E-state index in [-0.39, 0.29) is 6.04 Å². The van der Waals surface area contributed by atoms with Crippen LogP contribution in [0.3, 0.4) is 0 Å². The molecule has 0 radical (unpaired) electrons. The van der Waals surface area contributed by atoms with Gasteiger partial charge in [0.05, 0.1) is 25.4 Å². The monoisotopic (exact) mass is 667 g/mol. The van der Waals surface area contributed by atoms with Crippen molar-refractivity contribution in [2.24, 2.45) is 5.92 Å². The number of aryl methyl sites for hydroxylation is 1. The number of morpholine rings is 1. The van der Waals surface area contributed by atoms with Gasteiger partial charge in [-0.15, -0.1) is 0 Å². The van der Waals surface area contributed by atoms with E-state index >= 15 is 0 Å². The normalized spacial score (nSPS) is 18.1. The van der Waals surface area contributed by atoms with Crippen molar-refractivity contribution < 1.29 is 24.5 Å². The van der Waals surface area contributed by atoms with Gasteiger partial charge in [0.15, 0.2) is 5.11 Å². The highest BCUT2D eigenvalue weighted by Gasteiger charge is 2.36. The molecule has 1 aromatic heterocycles. The van der Waals surface area contributed by atoms with Gasteiger partial charge in [0.2, 0.25) is 5.91 Å². The first-order valence-electron chi connectivity index (χ1n) is 17.4. The van der Waals surface area contributed by atoms with Gasteiger partial charge in [-0.1, -0.05) is 81.8 Å². The van der Waals surface area contributed by atoms with E-state index in [4.69, 9.17) is 17.0 Å². The second-order valence-corrected chi connectivity index (χ2v) is 13.3. The molecule has 47 heavy (non-hydrogen) atoms. The summed E-state index contributed by atoms with van der Waals surface area (Å²) in [6, 6.07) is 13.3. The number of nitrogens with zero attached hydrogens (tertiary/aromatic N) is 3. The third-order valence-electron chi connectivity index (χ3n) is 9.31. The number of aromatic nitrogens is 1. The SMILES string of the molecule is CCC[C@H](NC(=O)[C@H](Cc1ccccc1)N(N[C@@H](CC1CCCCC1)[C@@H](O)CCCc1ccccn1)C(=S)N1CCOCC1)C(=O)O. The quantitative estimate of drug-likeness (QED) is 0.141. The fourth-order valence-electron chi connectivity index (χ4n) is 6.63. The van der Waals surface area contributed by atoms with Gasteiger partial charge in [0.25, 0.3) is 0 Å². The van der Waals surface area contributed by atoms with Crippen LogP contribution in [0.25, 0.3) is 0 Å². The van der Waals surface area contributed by atoms with Crippen LogP contribution in [0.4, 0.5) is 0 Å². The van der Waals surface area contributed by atoms with Crippen LogP contribution >= 0.6 is 12.2 Å². The lowest BCUT2D eigenvalue weighted by Crippen LogP contribution is -2.65. The van der Waals surface area contributed by atoms with Crippen LogP contribution in [-0.2, 0) is 27.2 Å². The average Bonchev–Trinajstić information content (AvgIpc) is 3.10. The molecule has 2 fully saturated rings. The number of rotatable bonds is 17. The molecular formula is C36H53N5O5S. The molecule has 4 N–H and O–H groups in total. The molecule has 0 bridgehead atoms. The molecule has 1 aromatic carbocycles. The topological polar surface area (TPSA) is 127 Å². The lowest BCUT2D eigenvalue weighted by Gasteiger charge is -2.43. The van der Waals surface area contributed by atoms with Crippen molar-refractivity contribution in [1.82, 2.24) is 25.6 Å². The van der Waals surface area contributed by atoms with Crippen molar-refractivity contribution in [3.63, 3.8) is 0 Å². The number of ether oxygens (including phenoxy) is 1. The van der Waals surface area contributed by atoms with Crippen molar-refractivity contribution in [1.29, 1.82) is 0 Å². The number of hydrogen-bond acceptors (Lipinski definition) is 7. The summed E-state index contributed by atoms with van der Waals surface area (Å²) in [6.45, 7) is 4.08. The van der Waals surface area contributed by atoms with Gasteiger partial charge in [-0.2, -0.15) is 0 Å². The Morgan fingerprint density at radius 3 is 2.45 bits per heavy atom. The molecule has 2 aliphatic rings. The maximum Gasteiger partial charge on any atom is 0.326 e. The maximum absolute atomic E-state index is 14.2. The standard InChI is InChI=1S/C36H53N5O5S/c1-2-12-30(35(44)45)38-34(43)32(26-28-15-7-4-8-16-28)41(36(47)40-21-23-46-24-22-40)39-31(25-27-13-5-3-6-14-27)33(42)19-11-18-29-17-9-10-20-37-29/h4,7-10,15-17,20,27,30-33,39,42H,2-3,5-6,11-14,18-19,21-26H2,1H3,(H,38,43)(H,44,45)/t30-,31-,32-,33-/m0/s1. The van der Waals surface area contributed by atoms with Crippen LogP contribution in [0.5, 0.6) is 0 Å². The minimum atomic E-state index is -1.06. The van der Waals surface area contributed by atoms with Crippen molar-refractivity contribution >= 4 is 29.2 Å². The van der Waals surface area contributed by atoms with Crippen molar-refractivity contribution in [2.75, 3.05) is 26.3 Å². The summed E-state index contributed by atoms with van der Waals surface area (Å²) in [5.74, 6) is -1.03. The zero-order valence-corrected chi connectivity index (χ0v) is 28.6. The highest BCUT2D eigenvalue weighted by atomic mass is 32.1. The van der Waals surface area contributed by atoms with Gasteiger partial charge in [-0.25, -0.2) is 10.2 Å². The smallest absolute Gasteiger partial charge is 0.326 e. The molecule has 1 aliphatic heterocycles.